The van der Waals surface area contributed by atoms with Gasteiger partial charge in [0, 0.05) is 12.2 Å². The first-order chi connectivity index (χ1) is 8.75. The second-order valence-electron chi connectivity index (χ2n) is 6.50. The molecule has 0 unspecified atom stereocenters. The Bertz CT molecular complexity index is 474. The molecule has 0 bridgehead atoms. The first-order valence-electron chi connectivity index (χ1n) is 6.81. The minimum atomic E-state index is -3.13. The summed E-state index contributed by atoms with van der Waals surface area (Å²) in [6.45, 7) is 13.0. The first-order valence-corrected chi connectivity index (χ1v) is 12.2. The minimum absolute atomic E-state index is 0.0491. The zero-order chi connectivity index (χ0) is 16.3. The topological polar surface area (TPSA) is 60.4 Å². The molecule has 0 aliphatic heterocycles. The molecule has 0 heterocycles. The predicted molar refractivity (Wildman–Crippen MR) is 86.1 cm³/mol. The van der Waals surface area contributed by atoms with Gasteiger partial charge in [-0.15, -0.1) is 0 Å². The van der Waals surface area contributed by atoms with Crippen LogP contribution in [-0.4, -0.2) is 40.1 Å². The van der Waals surface area contributed by atoms with E-state index >= 15 is 0 Å². The first kappa shape index (κ1) is 19.5. The summed E-state index contributed by atoms with van der Waals surface area (Å²) in [5, 5.41) is -0.575. The Morgan fingerprint density at radius 3 is 1.90 bits per heavy atom. The minimum Gasteiger partial charge on any atom is -0.410 e. The number of rotatable bonds is 7. The standard InChI is InChI=1S/C14H28O4SSi/c1-10(9-11(2)19(5,16)17)14(12(3)13(4)15)18-20(6,7)8/h9,11-12,14H,1-8H3/b10-9-/t11-,12-,14-/m0/s1. The number of hydrogen-bond acceptors (Lipinski definition) is 4. The molecule has 0 amide bonds. The highest BCUT2D eigenvalue weighted by Crippen LogP contribution is 2.23. The van der Waals surface area contributed by atoms with Crippen LogP contribution in [0.3, 0.4) is 0 Å². The SMILES string of the molecule is CC(=O)[C@H](C)[C@@H](O[Si](C)(C)C)/C(C)=C\[C@H](C)S(C)(=O)=O. The molecule has 4 nitrogen and oxygen atoms in total. The van der Waals surface area contributed by atoms with Gasteiger partial charge in [0.15, 0.2) is 18.2 Å². The highest BCUT2D eigenvalue weighted by Gasteiger charge is 2.29. The second-order valence-corrected chi connectivity index (χ2v) is 13.4. The van der Waals surface area contributed by atoms with Crippen molar-refractivity contribution in [3.8, 4) is 0 Å². The quantitative estimate of drug-likeness (QED) is 0.534. The van der Waals surface area contributed by atoms with E-state index in [1.54, 1.807) is 19.9 Å². The van der Waals surface area contributed by atoms with Crippen molar-refractivity contribution in [1.29, 1.82) is 0 Å². The van der Waals surface area contributed by atoms with Gasteiger partial charge in [-0.2, -0.15) is 0 Å². The highest BCUT2D eigenvalue weighted by atomic mass is 32.2. The summed E-state index contributed by atoms with van der Waals surface area (Å²) in [7, 11) is -4.96. The molecule has 0 aromatic heterocycles. The zero-order valence-corrected chi connectivity index (χ0v) is 15.7. The van der Waals surface area contributed by atoms with Gasteiger partial charge in [-0.3, -0.25) is 4.79 Å². The van der Waals surface area contributed by atoms with Gasteiger partial charge in [0.25, 0.3) is 0 Å². The molecule has 0 radical (unpaired) electrons. The lowest BCUT2D eigenvalue weighted by Gasteiger charge is -2.31. The molecule has 0 aromatic rings. The van der Waals surface area contributed by atoms with Crippen molar-refractivity contribution < 1.29 is 17.6 Å². The second kappa shape index (κ2) is 7.00. The molecule has 0 aliphatic carbocycles. The van der Waals surface area contributed by atoms with Crippen LogP contribution in [0.25, 0.3) is 0 Å². The Hall–Kier alpha value is -0.463. The number of sulfone groups is 1. The van der Waals surface area contributed by atoms with Crippen molar-refractivity contribution in [3.63, 3.8) is 0 Å². The maximum atomic E-state index is 11.6. The van der Waals surface area contributed by atoms with Gasteiger partial charge in [0.2, 0.25) is 0 Å². The fourth-order valence-corrected chi connectivity index (χ4v) is 3.39. The van der Waals surface area contributed by atoms with Gasteiger partial charge < -0.3 is 4.43 Å². The van der Waals surface area contributed by atoms with E-state index in [1.807, 2.05) is 13.8 Å². The fraction of sp³-hybridized carbons (Fsp3) is 0.786. The number of hydrogen-bond donors (Lipinski definition) is 0. The lowest BCUT2D eigenvalue weighted by Crippen LogP contribution is -2.38. The maximum Gasteiger partial charge on any atom is 0.184 e. The fourth-order valence-electron chi connectivity index (χ4n) is 1.77. The Kier molecular flexibility index (Phi) is 6.84. The Labute approximate surface area is 124 Å². The van der Waals surface area contributed by atoms with E-state index in [1.165, 1.54) is 6.26 Å². The molecule has 6 heteroatoms. The normalized spacial score (nSPS) is 18.5. The number of carbonyl (C=O) groups excluding carboxylic acids is 1. The average molecular weight is 321 g/mol. The zero-order valence-electron chi connectivity index (χ0n) is 13.9. The Morgan fingerprint density at radius 2 is 1.60 bits per heavy atom. The Morgan fingerprint density at radius 1 is 1.15 bits per heavy atom. The van der Waals surface area contributed by atoms with Gasteiger partial charge in [-0.05, 0) is 46.0 Å². The molecule has 0 saturated heterocycles. The van der Waals surface area contributed by atoms with E-state index < -0.39 is 23.4 Å². The molecular weight excluding hydrogens is 292 g/mol. The molecule has 0 aliphatic rings. The van der Waals surface area contributed by atoms with Crippen LogP contribution in [0.2, 0.25) is 19.6 Å². The molecule has 118 valence electrons. The summed E-state index contributed by atoms with van der Waals surface area (Å²) < 4.78 is 29.2. The molecule has 0 saturated carbocycles. The third kappa shape index (κ3) is 6.81. The van der Waals surface area contributed by atoms with Crippen molar-refractivity contribution in [2.24, 2.45) is 5.92 Å². The van der Waals surface area contributed by atoms with E-state index in [2.05, 4.69) is 19.6 Å². The van der Waals surface area contributed by atoms with Gasteiger partial charge in [0.05, 0.1) is 11.4 Å². The van der Waals surface area contributed by atoms with E-state index in [-0.39, 0.29) is 17.8 Å². The van der Waals surface area contributed by atoms with Crippen LogP contribution in [-0.2, 0) is 19.1 Å². The number of carbonyl (C=O) groups is 1. The number of Topliss-reactive ketones (excluding diaryl/α,β-unsaturated/α-hetero) is 1. The van der Waals surface area contributed by atoms with Crippen molar-refractivity contribution in [2.75, 3.05) is 6.26 Å². The highest BCUT2D eigenvalue weighted by molar-refractivity contribution is 7.91. The molecule has 20 heavy (non-hydrogen) atoms. The lowest BCUT2D eigenvalue weighted by atomic mass is 9.94. The molecule has 3 atom stereocenters. The summed E-state index contributed by atoms with van der Waals surface area (Å²) in [6.07, 6.45) is 2.56. The maximum absolute atomic E-state index is 11.6. The predicted octanol–water partition coefficient (Wildman–Crippen LogP) is 2.81. The summed E-state index contributed by atoms with van der Waals surface area (Å²) in [5.41, 5.74) is 0.813. The lowest BCUT2D eigenvalue weighted by molar-refractivity contribution is -0.122. The summed E-state index contributed by atoms with van der Waals surface area (Å²) in [5.74, 6) is -0.224. The molecule has 0 rings (SSSR count). The molecule has 0 spiro atoms. The third-order valence-corrected chi connectivity index (χ3v) is 5.65. The third-order valence-electron chi connectivity index (χ3n) is 3.20. The summed E-state index contributed by atoms with van der Waals surface area (Å²) >= 11 is 0. The van der Waals surface area contributed by atoms with Gasteiger partial charge in [0.1, 0.15) is 5.78 Å². The molecule has 0 N–H and O–H groups in total. The monoisotopic (exact) mass is 320 g/mol. The van der Waals surface area contributed by atoms with Gasteiger partial charge in [-0.1, -0.05) is 13.0 Å². The molecular formula is C14H28O4SSi. The Balaban J connectivity index is 5.42. The van der Waals surface area contributed by atoms with Gasteiger partial charge in [-0.25, -0.2) is 8.42 Å². The van der Waals surface area contributed by atoms with E-state index in [9.17, 15) is 13.2 Å². The van der Waals surface area contributed by atoms with Gasteiger partial charge >= 0.3 is 0 Å². The average Bonchev–Trinajstić information content (AvgIpc) is 2.21. The van der Waals surface area contributed by atoms with Crippen molar-refractivity contribution in [2.45, 2.75) is 58.7 Å². The smallest absolute Gasteiger partial charge is 0.184 e. The summed E-state index contributed by atoms with van der Waals surface area (Å²) in [6, 6.07) is 0. The van der Waals surface area contributed by atoms with E-state index in [0.717, 1.165) is 5.57 Å². The van der Waals surface area contributed by atoms with Crippen molar-refractivity contribution in [1.82, 2.24) is 0 Å². The van der Waals surface area contributed by atoms with Crippen LogP contribution in [0.1, 0.15) is 27.7 Å². The molecule has 0 aromatic carbocycles. The van der Waals surface area contributed by atoms with E-state index in [4.69, 9.17) is 4.43 Å². The van der Waals surface area contributed by atoms with Crippen molar-refractivity contribution in [3.05, 3.63) is 11.6 Å². The van der Waals surface area contributed by atoms with Crippen LogP contribution < -0.4 is 0 Å². The number of ketones is 1. The van der Waals surface area contributed by atoms with E-state index in [0.29, 0.717) is 0 Å². The van der Waals surface area contributed by atoms with Crippen molar-refractivity contribution >= 4 is 23.9 Å². The van der Waals surface area contributed by atoms with Crippen LogP contribution in [0.5, 0.6) is 0 Å². The summed E-state index contributed by atoms with van der Waals surface area (Å²) in [4.78, 5) is 11.6. The van der Waals surface area contributed by atoms with Crippen LogP contribution in [0.15, 0.2) is 11.6 Å². The van der Waals surface area contributed by atoms with Crippen LogP contribution in [0.4, 0.5) is 0 Å². The molecule has 0 fully saturated rings. The van der Waals surface area contributed by atoms with Crippen LogP contribution in [0, 0.1) is 5.92 Å². The largest absolute Gasteiger partial charge is 0.410 e. The van der Waals surface area contributed by atoms with Crippen LogP contribution >= 0.6 is 0 Å².